The normalized spacial score (nSPS) is 15.7. The Kier molecular flexibility index (Phi) is 4.20. The van der Waals surface area contributed by atoms with E-state index in [1.54, 1.807) is 0 Å². The number of hydrogen-bond acceptors (Lipinski definition) is 3. The van der Waals surface area contributed by atoms with Crippen LogP contribution in [0.3, 0.4) is 0 Å². The predicted octanol–water partition coefficient (Wildman–Crippen LogP) is 1.51. The molecule has 0 spiro atoms. The Hall–Kier alpha value is -1.73. The highest BCUT2D eigenvalue weighted by Gasteiger charge is 2.35. The molecule has 2 N–H and O–H groups in total. The average Bonchev–Trinajstić information content (AvgIpc) is 3.20. The maximum atomic E-state index is 13.6. The predicted molar refractivity (Wildman–Crippen MR) is 71.9 cm³/mol. The summed E-state index contributed by atoms with van der Waals surface area (Å²) in [6.07, 6.45) is 3.53. The lowest BCUT2D eigenvalue weighted by Crippen LogP contribution is -2.27. The van der Waals surface area contributed by atoms with Crippen LogP contribution in [0.4, 0.5) is 4.39 Å². The van der Waals surface area contributed by atoms with Crippen LogP contribution in [0.15, 0.2) is 24.3 Å². The molecular formula is C13H14FNO4S. The van der Waals surface area contributed by atoms with Gasteiger partial charge in [0.25, 0.3) is 0 Å². The fraction of sp³-hybridized carbons (Fsp3) is 0.308. The van der Waals surface area contributed by atoms with Crippen LogP contribution in [-0.4, -0.2) is 24.7 Å². The first-order chi connectivity index (χ1) is 9.38. The number of hydrogen-bond donors (Lipinski definition) is 2. The van der Waals surface area contributed by atoms with E-state index in [4.69, 9.17) is 5.11 Å². The average molecular weight is 299 g/mol. The highest BCUT2D eigenvalue weighted by molar-refractivity contribution is 7.90. The smallest absolute Gasteiger partial charge is 0.328 e. The maximum Gasteiger partial charge on any atom is 0.328 e. The third-order valence-electron chi connectivity index (χ3n) is 2.92. The van der Waals surface area contributed by atoms with Gasteiger partial charge in [-0.15, -0.1) is 0 Å². The highest BCUT2D eigenvalue weighted by atomic mass is 32.2. The maximum absolute atomic E-state index is 13.6. The molecule has 7 heteroatoms. The summed E-state index contributed by atoms with van der Waals surface area (Å²) in [5.41, 5.74) is 0.677. The van der Waals surface area contributed by atoms with Gasteiger partial charge < -0.3 is 5.11 Å². The number of carbonyl (C=O) groups is 1. The Balaban J connectivity index is 2.10. The number of aliphatic carboxylic acids is 1. The zero-order valence-electron chi connectivity index (χ0n) is 10.5. The third kappa shape index (κ3) is 3.88. The Labute approximate surface area is 116 Å². The molecule has 0 aliphatic heterocycles. The van der Waals surface area contributed by atoms with Crippen LogP contribution in [0, 0.1) is 5.82 Å². The van der Waals surface area contributed by atoms with E-state index in [1.165, 1.54) is 24.3 Å². The van der Waals surface area contributed by atoms with Crippen LogP contribution in [0.1, 0.15) is 24.0 Å². The molecule has 0 aromatic heterocycles. The second-order valence-corrected chi connectivity index (χ2v) is 6.63. The molecule has 20 heavy (non-hydrogen) atoms. The monoisotopic (exact) mass is 299 g/mol. The fourth-order valence-corrected chi connectivity index (χ4v) is 3.02. The largest absolute Gasteiger partial charge is 0.478 e. The van der Waals surface area contributed by atoms with E-state index in [1.807, 2.05) is 0 Å². The Morgan fingerprint density at radius 2 is 2.15 bits per heavy atom. The molecule has 1 fully saturated rings. The highest BCUT2D eigenvalue weighted by Crippen LogP contribution is 2.27. The van der Waals surface area contributed by atoms with Crippen LogP contribution >= 0.6 is 0 Å². The van der Waals surface area contributed by atoms with Gasteiger partial charge in [-0.1, -0.05) is 6.07 Å². The third-order valence-corrected chi connectivity index (χ3v) is 4.81. The number of carboxylic acid groups (broad SMARTS) is 1. The molecule has 1 aliphatic rings. The van der Waals surface area contributed by atoms with E-state index in [0.29, 0.717) is 18.4 Å². The number of benzene rings is 1. The molecular weight excluding hydrogens is 285 g/mol. The van der Waals surface area contributed by atoms with Crippen molar-refractivity contribution in [3.63, 3.8) is 0 Å². The molecule has 2 rings (SSSR count). The zero-order chi connectivity index (χ0) is 14.8. The standard InChI is InChI=1S/C13H14FNO4S/c14-12-5-1-9(2-6-13(16)17)7-10(12)8-15-20(18,19)11-3-4-11/h1-2,5-7,11,15H,3-4,8H2,(H,16,17). The Bertz CT molecular complexity index is 650. The van der Waals surface area contributed by atoms with E-state index in [2.05, 4.69) is 4.72 Å². The molecule has 0 saturated heterocycles. The van der Waals surface area contributed by atoms with Crippen molar-refractivity contribution in [1.29, 1.82) is 0 Å². The quantitative estimate of drug-likeness (QED) is 0.780. The zero-order valence-corrected chi connectivity index (χ0v) is 11.4. The number of sulfonamides is 1. The van der Waals surface area contributed by atoms with Gasteiger partial charge in [-0.25, -0.2) is 22.3 Å². The summed E-state index contributed by atoms with van der Waals surface area (Å²) in [7, 11) is -3.37. The van der Waals surface area contributed by atoms with E-state index < -0.39 is 21.8 Å². The molecule has 1 saturated carbocycles. The van der Waals surface area contributed by atoms with Crippen LogP contribution in [0.2, 0.25) is 0 Å². The molecule has 108 valence electrons. The summed E-state index contributed by atoms with van der Waals surface area (Å²) in [6, 6.07) is 4.03. The Morgan fingerprint density at radius 1 is 1.45 bits per heavy atom. The van der Waals surface area contributed by atoms with Crippen molar-refractivity contribution in [2.24, 2.45) is 0 Å². The topological polar surface area (TPSA) is 83.5 Å². The Morgan fingerprint density at radius 3 is 2.75 bits per heavy atom. The van der Waals surface area contributed by atoms with E-state index in [-0.39, 0.29) is 17.4 Å². The van der Waals surface area contributed by atoms with Crippen LogP contribution in [0.5, 0.6) is 0 Å². The van der Waals surface area contributed by atoms with Crippen molar-refractivity contribution in [2.45, 2.75) is 24.6 Å². The molecule has 0 amide bonds. The summed E-state index contributed by atoms with van der Waals surface area (Å²) in [4.78, 5) is 10.4. The van der Waals surface area contributed by atoms with Crippen LogP contribution in [-0.2, 0) is 21.4 Å². The summed E-state index contributed by atoms with van der Waals surface area (Å²) >= 11 is 0. The van der Waals surface area contributed by atoms with Crippen molar-refractivity contribution in [3.8, 4) is 0 Å². The number of rotatable bonds is 6. The number of halogens is 1. The van der Waals surface area contributed by atoms with Gasteiger partial charge in [0.1, 0.15) is 5.82 Å². The van der Waals surface area contributed by atoms with Gasteiger partial charge in [0.2, 0.25) is 10.0 Å². The van der Waals surface area contributed by atoms with Crippen LogP contribution in [0.25, 0.3) is 6.08 Å². The van der Waals surface area contributed by atoms with Crippen molar-refractivity contribution in [1.82, 2.24) is 4.72 Å². The molecule has 0 bridgehead atoms. The lowest BCUT2D eigenvalue weighted by atomic mass is 10.1. The number of carboxylic acids is 1. The summed E-state index contributed by atoms with van der Waals surface area (Å²) in [5, 5.41) is 8.16. The van der Waals surface area contributed by atoms with Crippen molar-refractivity contribution in [2.75, 3.05) is 0 Å². The van der Waals surface area contributed by atoms with Crippen molar-refractivity contribution >= 4 is 22.1 Å². The van der Waals surface area contributed by atoms with Gasteiger partial charge in [-0.05, 0) is 36.6 Å². The minimum absolute atomic E-state index is 0.139. The molecule has 0 radical (unpaired) electrons. The fourth-order valence-electron chi connectivity index (χ4n) is 1.68. The second kappa shape index (κ2) is 5.72. The van der Waals surface area contributed by atoms with Gasteiger partial charge in [0, 0.05) is 18.2 Å². The first-order valence-corrected chi connectivity index (χ1v) is 7.61. The summed E-state index contributed by atoms with van der Waals surface area (Å²) in [5.74, 6) is -1.64. The van der Waals surface area contributed by atoms with Gasteiger partial charge in [-0.3, -0.25) is 0 Å². The minimum atomic E-state index is -3.37. The SMILES string of the molecule is O=C(O)C=Cc1ccc(F)c(CNS(=O)(=O)C2CC2)c1. The van der Waals surface area contributed by atoms with E-state index in [9.17, 15) is 17.6 Å². The second-order valence-electron chi connectivity index (χ2n) is 4.59. The van der Waals surface area contributed by atoms with Crippen molar-refractivity contribution in [3.05, 3.63) is 41.2 Å². The molecule has 0 unspecified atom stereocenters. The van der Waals surface area contributed by atoms with Crippen LogP contribution < -0.4 is 4.72 Å². The summed E-state index contributed by atoms with van der Waals surface area (Å²) in [6.45, 7) is -0.139. The minimum Gasteiger partial charge on any atom is -0.478 e. The van der Waals surface area contributed by atoms with Gasteiger partial charge in [0.15, 0.2) is 0 Å². The van der Waals surface area contributed by atoms with Gasteiger partial charge >= 0.3 is 5.97 Å². The molecule has 0 heterocycles. The first kappa shape index (κ1) is 14.7. The summed E-state index contributed by atoms with van der Waals surface area (Å²) < 4.78 is 39.3. The number of nitrogens with one attached hydrogen (secondary N) is 1. The lowest BCUT2D eigenvalue weighted by molar-refractivity contribution is -0.131. The van der Waals surface area contributed by atoms with E-state index in [0.717, 1.165) is 6.08 Å². The molecule has 1 aromatic rings. The lowest BCUT2D eigenvalue weighted by Gasteiger charge is -2.07. The molecule has 1 aromatic carbocycles. The van der Waals surface area contributed by atoms with Gasteiger partial charge in [0.05, 0.1) is 5.25 Å². The van der Waals surface area contributed by atoms with Gasteiger partial charge in [-0.2, -0.15) is 0 Å². The molecule has 1 aliphatic carbocycles. The first-order valence-electron chi connectivity index (χ1n) is 6.06. The molecule has 0 atom stereocenters. The molecule has 5 nitrogen and oxygen atoms in total. The van der Waals surface area contributed by atoms with Crippen molar-refractivity contribution < 1.29 is 22.7 Å². The van der Waals surface area contributed by atoms with E-state index >= 15 is 0 Å².